The van der Waals surface area contributed by atoms with Gasteiger partial charge in [-0.1, -0.05) is 0 Å². The number of hydrogen-bond acceptors (Lipinski definition) is 2. The third kappa shape index (κ3) is 6.07. The van der Waals surface area contributed by atoms with E-state index in [0.29, 0.717) is 6.61 Å². The molecule has 0 aromatic carbocycles. The van der Waals surface area contributed by atoms with Crippen molar-refractivity contribution >= 4 is 23.7 Å². The van der Waals surface area contributed by atoms with Crippen LogP contribution in [0.5, 0.6) is 0 Å². The predicted molar refractivity (Wildman–Crippen MR) is 27.2 cm³/mol. The van der Waals surface area contributed by atoms with Crippen LogP contribution in [0.1, 0.15) is 6.92 Å². The average Bonchev–Trinajstić information content (AvgIpc) is 1.61. The molecule has 0 fully saturated rings. The summed E-state index contributed by atoms with van der Waals surface area (Å²) in [6.07, 6.45) is 0. The third-order valence-corrected chi connectivity index (χ3v) is 0.509. The number of esters is 1. The molecule has 0 radical (unpaired) electrons. The van der Waals surface area contributed by atoms with E-state index < -0.39 is 0 Å². The van der Waals surface area contributed by atoms with Crippen LogP contribution in [0.3, 0.4) is 0 Å². The molecule has 0 N–H and O–H groups in total. The van der Waals surface area contributed by atoms with Crippen molar-refractivity contribution in [2.45, 2.75) is 12.0 Å². The number of rotatable bonds is 2. The Kier molecular flexibility index (Phi) is 4.27. The van der Waals surface area contributed by atoms with Gasteiger partial charge in [0.25, 0.3) is 0 Å². The summed E-state index contributed by atoms with van der Waals surface area (Å²) < 4.78 is 4.55. The van der Waals surface area contributed by atoms with Gasteiger partial charge in [0.1, 0.15) is 0 Å². The Bertz CT molecular complexity index is 62.7. The molecule has 0 unspecified atom stereocenters. The molecular weight excluding hydrogens is 87.0 g/mol. The van der Waals surface area contributed by atoms with E-state index in [1.54, 1.807) is 0 Å². The number of ether oxygens (including phenoxy) is 1. The van der Waals surface area contributed by atoms with E-state index >= 15 is 0 Å². The number of carbonyl (C=O) groups is 1. The van der Waals surface area contributed by atoms with Crippen LogP contribution in [-0.4, -0.2) is 30.3 Å². The predicted octanol–water partition coefficient (Wildman–Crippen LogP) is 0.136. The first-order chi connectivity index (χ1) is 3.27. The first-order valence-electron chi connectivity index (χ1n) is 2.40. The standard InChI is InChI=1S/C4H7O2.Li/c1-3-6-4(2)5;/h1,3H2,2H3;. The summed E-state index contributed by atoms with van der Waals surface area (Å²) in [5.74, 6) is -0.193. The molecule has 0 atom stereocenters. The Morgan fingerprint density at radius 2 is 2.43 bits per heavy atom. The van der Waals surface area contributed by atoms with Crippen LogP contribution in [0.2, 0.25) is 5.09 Å². The molecule has 0 aliphatic heterocycles. The first-order valence-corrected chi connectivity index (χ1v) is 2.40. The summed E-state index contributed by atoms with van der Waals surface area (Å²) in [5, 5.41) is 0.902. The summed E-state index contributed by atoms with van der Waals surface area (Å²) in [6.45, 7) is 1.96. The fraction of sp³-hybridized carbons (Fsp3) is 0.750. The Hall–Kier alpha value is 0.0674. The molecule has 3 heteroatoms. The summed E-state index contributed by atoms with van der Waals surface area (Å²) >= 11 is 1.96. The van der Waals surface area contributed by atoms with Crippen LogP contribution >= 0.6 is 0 Å². The van der Waals surface area contributed by atoms with Crippen molar-refractivity contribution in [3.05, 3.63) is 0 Å². The SMILES string of the molecule is [Li][CH2]COC(C)=O. The summed E-state index contributed by atoms with van der Waals surface area (Å²) in [6, 6.07) is 0. The molecule has 0 amide bonds. The second-order valence-corrected chi connectivity index (χ2v) is 1.34. The maximum absolute atomic E-state index is 9.98. The third-order valence-electron chi connectivity index (χ3n) is 0.509. The van der Waals surface area contributed by atoms with Gasteiger partial charge in [-0.15, -0.1) is 0 Å². The number of hydrogen-bond donors (Lipinski definition) is 0. The van der Waals surface area contributed by atoms with Gasteiger partial charge < -0.3 is 0 Å². The van der Waals surface area contributed by atoms with Gasteiger partial charge in [0.2, 0.25) is 0 Å². The minimum atomic E-state index is -0.193. The average molecular weight is 94.0 g/mol. The van der Waals surface area contributed by atoms with E-state index in [9.17, 15) is 4.79 Å². The van der Waals surface area contributed by atoms with Gasteiger partial charge in [-0.2, -0.15) is 0 Å². The Balaban J connectivity index is 2.82. The van der Waals surface area contributed by atoms with Gasteiger partial charge >= 0.3 is 51.8 Å². The zero-order valence-electron chi connectivity index (χ0n) is 4.73. The Morgan fingerprint density at radius 3 is 2.57 bits per heavy atom. The molecule has 36 valence electrons. The quantitative estimate of drug-likeness (QED) is 0.359. The van der Waals surface area contributed by atoms with Gasteiger partial charge in [0.15, 0.2) is 0 Å². The molecule has 7 heavy (non-hydrogen) atoms. The van der Waals surface area contributed by atoms with Crippen LogP contribution < -0.4 is 0 Å². The normalized spacial score (nSPS) is 8.43. The Labute approximate surface area is 52.4 Å². The Morgan fingerprint density at radius 1 is 1.86 bits per heavy atom. The monoisotopic (exact) mass is 94.1 g/mol. The number of carbonyl (C=O) groups excluding carboxylic acids is 1. The van der Waals surface area contributed by atoms with Crippen molar-refractivity contribution in [2.24, 2.45) is 0 Å². The molecule has 0 rings (SSSR count). The van der Waals surface area contributed by atoms with Crippen molar-refractivity contribution in [1.82, 2.24) is 0 Å². The van der Waals surface area contributed by atoms with Crippen LogP contribution in [0.25, 0.3) is 0 Å². The van der Waals surface area contributed by atoms with Crippen molar-refractivity contribution < 1.29 is 9.53 Å². The molecule has 0 saturated carbocycles. The minimum absolute atomic E-state index is 0.193. The molecule has 0 heterocycles. The molecule has 0 aromatic rings. The molecule has 0 saturated heterocycles. The summed E-state index contributed by atoms with van der Waals surface area (Å²) in [7, 11) is 0. The van der Waals surface area contributed by atoms with E-state index in [-0.39, 0.29) is 5.97 Å². The molecule has 0 spiro atoms. The maximum atomic E-state index is 9.98. The van der Waals surface area contributed by atoms with Crippen molar-refractivity contribution in [2.75, 3.05) is 6.61 Å². The van der Waals surface area contributed by atoms with E-state index in [4.69, 9.17) is 0 Å². The summed E-state index contributed by atoms with van der Waals surface area (Å²) in [5.41, 5.74) is 0. The van der Waals surface area contributed by atoms with E-state index in [0.717, 1.165) is 5.09 Å². The molecule has 2 nitrogen and oxygen atoms in total. The second kappa shape index (κ2) is 4.23. The first kappa shape index (κ1) is 7.07. The van der Waals surface area contributed by atoms with Crippen LogP contribution in [0.15, 0.2) is 0 Å². The molecule has 0 aromatic heterocycles. The molecule has 0 aliphatic carbocycles. The molecular formula is C4H7LiO2. The fourth-order valence-corrected chi connectivity index (χ4v) is 0.246. The van der Waals surface area contributed by atoms with Crippen LogP contribution in [-0.2, 0) is 9.53 Å². The van der Waals surface area contributed by atoms with Gasteiger partial charge in [-0.25, -0.2) is 0 Å². The van der Waals surface area contributed by atoms with Crippen molar-refractivity contribution in [3.63, 3.8) is 0 Å². The van der Waals surface area contributed by atoms with Gasteiger partial charge in [0, 0.05) is 0 Å². The van der Waals surface area contributed by atoms with E-state index in [1.165, 1.54) is 6.92 Å². The van der Waals surface area contributed by atoms with E-state index in [2.05, 4.69) is 4.74 Å². The van der Waals surface area contributed by atoms with Gasteiger partial charge in [-0.05, 0) is 0 Å². The van der Waals surface area contributed by atoms with Crippen molar-refractivity contribution in [1.29, 1.82) is 0 Å². The fourth-order valence-electron chi connectivity index (χ4n) is 0.246. The molecule has 0 bridgehead atoms. The second-order valence-electron chi connectivity index (χ2n) is 1.34. The zero-order chi connectivity index (χ0) is 5.70. The van der Waals surface area contributed by atoms with Crippen molar-refractivity contribution in [3.8, 4) is 0 Å². The topological polar surface area (TPSA) is 26.3 Å². The van der Waals surface area contributed by atoms with Crippen LogP contribution in [0.4, 0.5) is 0 Å². The van der Waals surface area contributed by atoms with Gasteiger partial charge in [-0.3, -0.25) is 0 Å². The van der Waals surface area contributed by atoms with Crippen LogP contribution in [0, 0.1) is 0 Å². The molecule has 0 aliphatic rings. The zero-order valence-corrected chi connectivity index (χ0v) is 4.73. The van der Waals surface area contributed by atoms with Gasteiger partial charge in [0.05, 0.1) is 0 Å². The summed E-state index contributed by atoms with van der Waals surface area (Å²) in [4.78, 5) is 9.98. The van der Waals surface area contributed by atoms with E-state index in [1.807, 2.05) is 17.7 Å².